The van der Waals surface area contributed by atoms with Gasteiger partial charge in [-0.3, -0.25) is 0 Å². The van der Waals surface area contributed by atoms with Gasteiger partial charge in [0, 0.05) is 63.3 Å². The average molecular weight is 1610 g/mol. The predicted octanol–water partition coefficient (Wildman–Crippen LogP) is 23.0. The van der Waals surface area contributed by atoms with Crippen LogP contribution >= 0.6 is 0 Å². The lowest BCUT2D eigenvalue weighted by atomic mass is 9.46. The smallest absolute Gasteiger partial charge is 0.333 e. The van der Waals surface area contributed by atoms with E-state index >= 15 is 0 Å². The van der Waals surface area contributed by atoms with E-state index < -0.39 is 5.60 Å². The molecule has 16 rings (SSSR count). The summed E-state index contributed by atoms with van der Waals surface area (Å²) in [5.41, 5.74) is 0.875. The molecule has 0 radical (unpaired) electrons. The molecule has 16 aliphatic rings. The summed E-state index contributed by atoms with van der Waals surface area (Å²) in [6.07, 6.45) is 42.8. The average Bonchev–Trinajstić information content (AvgIpc) is 1.51. The molecule has 0 spiro atoms. The highest BCUT2D eigenvalue weighted by atomic mass is 16.6. The number of esters is 8. The van der Waals surface area contributed by atoms with Crippen molar-refractivity contribution in [2.75, 3.05) is 0 Å². The molecule has 0 saturated heterocycles. The minimum absolute atomic E-state index is 0.154. The van der Waals surface area contributed by atoms with Gasteiger partial charge in [-0.2, -0.15) is 0 Å². The van der Waals surface area contributed by atoms with Gasteiger partial charge in [-0.25, -0.2) is 38.4 Å². The predicted molar refractivity (Wildman–Crippen MR) is 459 cm³/mol. The first kappa shape index (κ1) is 95.2. The van der Waals surface area contributed by atoms with Crippen LogP contribution < -0.4 is 0 Å². The summed E-state index contributed by atoms with van der Waals surface area (Å²) >= 11 is 0. The summed E-state index contributed by atoms with van der Waals surface area (Å²) in [5.74, 6) is 11.9. The van der Waals surface area contributed by atoms with Gasteiger partial charge in [-0.15, -0.1) is 0 Å². The summed E-state index contributed by atoms with van der Waals surface area (Å²) in [6.45, 7) is 63.0. The van der Waals surface area contributed by atoms with Crippen LogP contribution in [0.25, 0.3) is 0 Å². The van der Waals surface area contributed by atoms with E-state index in [0.717, 1.165) is 147 Å². The minimum atomic E-state index is -0.398. The number of carbonyl (C=O) groups is 8. The standard InChI is InChI=1S/C18H26O2.C17H26O2.C16H24O2.C13H20O2.C12H18O2.C9H14O2.C8H14O2.C7H12O2/c1-4-18(20-17(19)10(2)3)9-13-8-14(18)16-12-6-5-11(7-12)15(13)16;1-11(2)15(18)19-16(3,4)17-8-12-5-13(9-17)7-14(6-12)10-17;1-4-16(18-15(17)10(2)3)9-11-8-14(16)13-7-5-6-12(11)13;1-4-13(15-12(14)9(2)3)8-10-5-6-11(13)7-10;1-8(2)11(13)14-12(3)7-9-4-5-10(12)6-9;1-3-8(10)11-9(2)6-4-5-7-9;1-5-7(9)10-8(3,4)6-2;1-5-6(8)9-7(2,3)4/h11-16H,2,4-9H2,1,3H3;12-14H,1,5-10H2,2-4H3;11-14H,2,4-9H2,1,3H3;10-11H,2,4-8H2,1,3H3;9-10H,1,4-7H2,2-3H3;3H,1,4-7H2,2H3;5H,1,6H2,2-4H3;5H,1H2,2-4H3. The molecule has 650 valence electrons. The van der Waals surface area contributed by atoms with Gasteiger partial charge in [0.25, 0.3) is 0 Å². The largest absolute Gasteiger partial charge is 0.457 e. The third kappa shape index (κ3) is 22.4. The van der Waals surface area contributed by atoms with Crippen LogP contribution in [0, 0.1) is 106 Å². The van der Waals surface area contributed by atoms with Crippen LogP contribution in [0.15, 0.2) is 98.7 Å². The van der Waals surface area contributed by atoms with Gasteiger partial charge in [0.05, 0.1) is 0 Å². The Kier molecular flexibility index (Phi) is 31.7. The van der Waals surface area contributed by atoms with Crippen molar-refractivity contribution < 1.29 is 76.3 Å². The first-order valence-electron chi connectivity index (χ1n) is 45.2. The van der Waals surface area contributed by atoms with Crippen molar-refractivity contribution in [2.24, 2.45) is 106 Å². The van der Waals surface area contributed by atoms with Crippen molar-refractivity contribution in [3.8, 4) is 0 Å². The van der Waals surface area contributed by atoms with Crippen LogP contribution in [0.4, 0.5) is 0 Å². The summed E-state index contributed by atoms with van der Waals surface area (Å²) in [6, 6.07) is 0. The molecule has 14 bridgehead atoms. The molecular formula is C100H154O16. The number of ether oxygens (including phenoxy) is 8. The van der Waals surface area contributed by atoms with Gasteiger partial charge in [-0.05, 0) is 385 Å². The molecule has 0 aliphatic heterocycles. The summed E-state index contributed by atoms with van der Waals surface area (Å²) in [4.78, 5) is 91.0. The zero-order chi connectivity index (χ0) is 86.2. The van der Waals surface area contributed by atoms with E-state index in [1.807, 2.05) is 48.5 Å². The van der Waals surface area contributed by atoms with Gasteiger partial charge >= 0.3 is 47.8 Å². The topological polar surface area (TPSA) is 210 Å². The van der Waals surface area contributed by atoms with Crippen LogP contribution in [-0.2, 0) is 76.3 Å². The molecule has 116 heavy (non-hydrogen) atoms. The van der Waals surface area contributed by atoms with E-state index in [9.17, 15) is 38.4 Å². The van der Waals surface area contributed by atoms with E-state index in [-0.39, 0.29) is 92.4 Å². The van der Waals surface area contributed by atoms with E-state index in [1.165, 1.54) is 153 Å². The second-order valence-corrected chi connectivity index (χ2v) is 41.4. The number of fused-ring (bicyclic) bond motifs is 18. The fourth-order valence-electron chi connectivity index (χ4n) is 25.4. The fourth-order valence-corrected chi connectivity index (χ4v) is 25.4. The normalized spacial score (nSPS) is 35.9. The van der Waals surface area contributed by atoms with E-state index in [2.05, 4.69) is 94.2 Å². The molecule has 16 heteroatoms. The van der Waals surface area contributed by atoms with Gasteiger partial charge in [0.2, 0.25) is 0 Å². The lowest BCUT2D eigenvalue weighted by molar-refractivity contribution is -0.195. The molecule has 16 nitrogen and oxygen atoms in total. The Morgan fingerprint density at radius 1 is 0.379 bits per heavy atom. The molecule has 0 N–H and O–H groups in total. The highest BCUT2D eigenvalue weighted by Crippen LogP contribution is 2.72. The van der Waals surface area contributed by atoms with Crippen LogP contribution in [-0.4, -0.2) is 92.6 Å². The molecule has 0 amide bonds. The lowest BCUT2D eigenvalue weighted by Crippen LogP contribution is -2.57. The number of carbonyl (C=O) groups excluding carboxylic acids is 8. The Bertz CT molecular complexity index is 3590. The van der Waals surface area contributed by atoms with Crippen molar-refractivity contribution in [1.29, 1.82) is 0 Å². The molecule has 0 aromatic heterocycles. The highest BCUT2D eigenvalue weighted by molar-refractivity contribution is 5.89. The maximum Gasteiger partial charge on any atom is 0.333 e. The lowest BCUT2D eigenvalue weighted by Gasteiger charge is -2.61. The maximum atomic E-state index is 12.1. The Hall–Kier alpha value is -6.32. The Morgan fingerprint density at radius 3 is 1.23 bits per heavy atom. The highest BCUT2D eigenvalue weighted by Gasteiger charge is 2.68. The van der Waals surface area contributed by atoms with Crippen LogP contribution in [0.3, 0.4) is 0 Å². The second kappa shape index (κ2) is 38.6. The Balaban J connectivity index is 0.000000168. The molecule has 18 atom stereocenters. The maximum absolute atomic E-state index is 12.1. The molecule has 0 heterocycles. The molecule has 16 fully saturated rings. The van der Waals surface area contributed by atoms with Crippen LogP contribution in [0.1, 0.15) is 330 Å². The van der Waals surface area contributed by atoms with Crippen molar-refractivity contribution in [1.82, 2.24) is 0 Å². The van der Waals surface area contributed by atoms with Gasteiger partial charge in [-0.1, -0.05) is 86.7 Å². The third-order valence-corrected chi connectivity index (χ3v) is 31.1. The van der Waals surface area contributed by atoms with Crippen molar-refractivity contribution in [3.05, 3.63) is 98.7 Å². The van der Waals surface area contributed by atoms with Crippen molar-refractivity contribution in [2.45, 2.75) is 375 Å². The molecular weight excluding hydrogens is 1460 g/mol. The first-order valence-corrected chi connectivity index (χ1v) is 45.2. The fraction of sp³-hybridized carbons (Fsp3) is 0.760. The van der Waals surface area contributed by atoms with E-state index in [0.29, 0.717) is 51.5 Å². The van der Waals surface area contributed by atoms with Crippen LogP contribution in [0.2, 0.25) is 0 Å². The summed E-state index contributed by atoms with van der Waals surface area (Å²) in [5, 5.41) is 0. The third-order valence-electron chi connectivity index (χ3n) is 31.1. The van der Waals surface area contributed by atoms with Crippen LogP contribution in [0.5, 0.6) is 0 Å². The zero-order valence-electron chi connectivity index (χ0n) is 75.4. The Labute approximate surface area is 700 Å². The number of hydrogen-bond acceptors (Lipinski definition) is 16. The van der Waals surface area contributed by atoms with E-state index in [4.69, 9.17) is 37.9 Å². The number of rotatable bonds is 20. The molecule has 0 aromatic rings. The SMILES string of the molecule is C=C(C)C(=O)OC(C)(C)C12CC3CC(CC(C3)C1)C2.C=C(C)C(=O)OC1(C)CC2CCC1C2.C=C(C)C(=O)OC1(CC)CC2CC1C1C3CCC(C3)C21.C=C(C)C(=O)OC1(CC)CC2CC1C1CCCC21.C=C(C)C(=O)OC1(CC)CC2CCC1C2.C=CC(=O)OC(C)(C)C.C=CC(=O)OC(C)(C)CC.C=CC(=O)OC1(C)CCCC1. The summed E-state index contributed by atoms with van der Waals surface area (Å²) < 4.78 is 44.0. The number of hydrogen-bond donors (Lipinski definition) is 0. The quantitative estimate of drug-likeness (QED) is 0.0480. The van der Waals surface area contributed by atoms with Crippen molar-refractivity contribution >= 4 is 47.8 Å². The zero-order valence-corrected chi connectivity index (χ0v) is 75.4. The monoisotopic (exact) mass is 1610 g/mol. The minimum Gasteiger partial charge on any atom is -0.457 e. The van der Waals surface area contributed by atoms with E-state index in [1.54, 1.807) is 34.6 Å². The molecule has 16 saturated carbocycles. The molecule has 16 aliphatic carbocycles. The van der Waals surface area contributed by atoms with Gasteiger partial charge < -0.3 is 37.9 Å². The Morgan fingerprint density at radius 2 is 0.810 bits per heavy atom. The summed E-state index contributed by atoms with van der Waals surface area (Å²) in [7, 11) is 0. The van der Waals surface area contributed by atoms with Gasteiger partial charge in [0.15, 0.2) is 0 Å². The van der Waals surface area contributed by atoms with Gasteiger partial charge in [0.1, 0.15) is 44.8 Å². The molecule has 0 aromatic carbocycles. The second-order valence-electron chi connectivity index (χ2n) is 41.4. The van der Waals surface area contributed by atoms with Crippen molar-refractivity contribution in [3.63, 3.8) is 0 Å². The molecule has 18 unspecified atom stereocenters. The first-order chi connectivity index (χ1) is 54.2.